The van der Waals surface area contributed by atoms with Crippen LogP contribution in [0.5, 0.6) is 0 Å². The molecule has 0 aromatic heterocycles. The van der Waals surface area contributed by atoms with Gasteiger partial charge in [0.1, 0.15) is 14.4 Å². The van der Waals surface area contributed by atoms with Gasteiger partial charge in [-0.3, -0.25) is 9.00 Å². The van der Waals surface area contributed by atoms with E-state index in [0.29, 0.717) is 30.3 Å². The normalized spacial score (nSPS) is 29.3. The van der Waals surface area contributed by atoms with Crippen LogP contribution >= 0.6 is 0 Å². The van der Waals surface area contributed by atoms with Crippen LogP contribution in [-0.2, 0) is 15.6 Å². The monoisotopic (exact) mass is 354 g/mol. The topological polar surface area (TPSA) is 65.3 Å². The van der Waals surface area contributed by atoms with Gasteiger partial charge in [-0.1, -0.05) is 17.6 Å². The first-order valence-corrected chi connectivity index (χ1v) is 9.82. The minimum Gasteiger partial charge on any atom is -0.330 e. The lowest BCUT2D eigenvalue weighted by molar-refractivity contribution is -0.120. The Hall–Kier alpha value is -1.96. The van der Waals surface area contributed by atoms with Crippen molar-refractivity contribution in [2.75, 3.05) is 30.3 Å². The molecule has 1 aromatic carbocycles. The predicted octanol–water partition coefficient (Wildman–Crippen LogP) is -0.151. The minimum atomic E-state index is -0.871. The second-order valence-corrected chi connectivity index (χ2v) is 8.28. The zero-order chi connectivity index (χ0) is 17.6. The lowest BCUT2D eigenvalue weighted by Crippen LogP contribution is -2.53. The van der Waals surface area contributed by atoms with E-state index in [1.807, 2.05) is 24.0 Å². The maximum Gasteiger partial charge on any atom is 0.246 e. The number of amides is 1. The van der Waals surface area contributed by atoms with E-state index in [2.05, 4.69) is 9.98 Å². The Balaban J connectivity index is 1.50. The van der Waals surface area contributed by atoms with E-state index in [9.17, 15) is 9.00 Å². The van der Waals surface area contributed by atoms with Crippen molar-refractivity contribution in [3.05, 3.63) is 24.3 Å². The number of rotatable bonds is 1. The van der Waals surface area contributed by atoms with Gasteiger partial charge < -0.3 is 9.80 Å². The Morgan fingerprint density at radius 1 is 1.24 bits per heavy atom. The smallest absolute Gasteiger partial charge is 0.246 e. The number of benzene rings is 1. The van der Waals surface area contributed by atoms with E-state index in [1.165, 1.54) is 0 Å². The van der Waals surface area contributed by atoms with Crippen LogP contribution < -0.4 is 10.4 Å². The molecule has 1 aromatic rings. The number of piperazine rings is 1. The number of aliphatic imine (C=N–C) groups is 2. The maximum atomic E-state index is 12.6. The molecule has 0 saturated carbocycles. The average Bonchev–Trinajstić information content (AvgIpc) is 2.97. The Bertz CT molecular complexity index is 792. The van der Waals surface area contributed by atoms with Crippen LogP contribution in [0.4, 0.5) is 5.69 Å². The molecule has 2 fully saturated rings. The van der Waals surface area contributed by atoms with Gasteiger partial charge in [-0.25, -0.2) is 9.98 Å². The van der Waals surface area contributed by atoms with Crippen LogP contribution in [-0.4, -0.2) is 71.2 Å². The molecule has 8 heteroatoms. The molecule has 0 bridgehead atoms. The van der Waals surface area contributed by atoms with Crippen molar-refractivity contribution in [3.63, 3.8) is 0 Å². The molecule has 3 aliphatic heterocycles. The van der Waals surface area contributed by atoms with Crippen molar-refractivity contribution in [3.8, 4) is 0 Å². The van der Waals surface area contributed by atoms with Crippen LogP contribution in [0, 0.1) is 0 Å². The molecule has 1 amide bonds. The molecule has 3 atom stereocenters. The lowest BCUT2D eigenvalue weighted by atomic mass is 9.96. The second-order valence-electron chi connectivity index (χ2n) is 6.60. The molecule has 0 N–H and O–H groups in total. The summed E-state index contributed by atoms with van der Waals surface area (Å²) < 4.78 is 12.1. The standard InChI is InChI=1S/C17H19BN4O2S/c1-11-16-14(6-9-25(16)24)20-17(19-11)21-7-8-22(15(23)10-21)13-4-2-12(18)3-5-13/h2-5,14,16H,6-10H2,1H3/t14?,16-,25?/m1/s1. The maximum absolute atomic E-state index is 12.6. The molecule has 3 aliphatic rings. The molecule has 3 heterocycles. The third-order valence-electron chi connectivity index (χ3n) is 4.93. The predicted molar refractivity (Wildman–Crippen MR) is 102 cm³/mol. The SMILES string of the molecule is [B]c1ccc(N2CCN(C3=NC4CCS(=O)[C@@H]4C(C)=N3)CC2=O)cc1. The molecule has 4 rings (SSSR count). The third-order valence-corrected chi connectivity index (χ3v) is 6.79. The molecule has 0 aliphatic carbocycles. The Kier molecular flexibility index (Phi) is 4.23. The van der Waals surface area contributed by atoms with Crippen LogP contribution in [0.15, 0.2) is 34.3 Å². The van der Waals surface area contributed by atoms with Crippen molar-refractivity contribution in [2.24, 2.45) is 9.98 Å². The Morgan fingerprint density at radius 2 is 2.00 bits per heavy atom. The number of hydrogen-bond donors (Lipinski definition) is 0. The summed E-state index contributed by atoms with van der Waals surface area (Å²) in [5, 5.41) is -0.0458. The Morgan fingerprint density at radius 3 is 2.72 bits per heavy atom. The summed E-state index contributed by atoms with van der Waals surface area (Å²) in [6, 6.07) is 7.37. The fourth-order valence-corrected chi connectivity index (χ4v) is 5.32. The van der Waals surface area contributed by atoms with Gasteiger partial charge in [0.05, 0.1) is 11.3 Å². The summed E-state index contributed by atoms with van der Waals surface area (Å²) in [6.45, 7) is 3.42. The first-order valence-electron chi connectivity index (χ1n) is 8.44. The summed E-state index contributed by atoms with van der Waals surface area (Å²) in [6.07, 6.45) is 0.826. The highest BCUT2D eigenvalue weighted by Crippen LogP contribution is 2.26. The summed E-state index contributed by atoms with van der Waals surface area (Å²) >= 11 is 0. The fraction of sp³-hybridized carbons (Fsp3) is 0.471. The van der Waals surface area contributed by atoms with Crippen molar-refractivity contribution >= 4 is 47.4 Å². The highest BCUT2D eigenvalue weighted by atomic mass is 32.2. The van der Waals surface area contributed by atoms with Crippen molar-refractivity contribution < 1.29 is 9.00 Å². The average molecular weight is 354 g/mol. The van der Waals surface area contributed by atoms with Crippen LogP contribution in [0.1, 0.15) is 13.3 Å². The van der Waals surface area contributed by atoms with Gasteiger partial charge in [0, 0.05) is 41.0 Å². The Labute approximate surface area is 150 Å². The largest absolute Gasteiger partial charge is 0.330 e. The highest BCUT2D eigenvalue weighted by molar-refractivity contribution is 7.86. The van der Waals surface area contributed by atoms with Crippen LogP contribution in [0.3, 0.4) is 0 Å². The molecule has 128 valence electrons. The number of carbonyl (C=O) groups is 1. The van der Waals surface area contributed by atoms with Crippen LogP contribution in [0.2, 0.25) is 0 Å². The molecular weight excluding hydrogens is 335 g/mol. The van der Waals surface area contributed by atoms with E-state index in [0.717, 1.165) is 17.8 Å². The third kappa shape index (κ3) is 3.03. The number of carbonyl (C=O) groups excluding carboxylic acids is 1. The van der Waals surface area contributed by atoms with E-state index >= 15 is 0 Å². The quantitative estimate of drug-likeness (QED) is 0.659. The van der Waals surface area contributed by atoms with Crippen molar-refractivity contribution in [1.82, 2.24) is 4.90 Å². The molecule has 2 saturated heterocycles. The zero-order valence-electron chi connectivity index (χ0n) is 14.1. The summed E-state index contributed by atoms with van der Waals surface area (Å²) in [4.78, 5) is 25.5. The van der Waals surface area contributed by atoms with Gasteiger partial charge >= 0.3 is 0 Å². The number of fused-ring (bicyclic) bond motifs is 1. The molecule has 25 heavy (non-hydrogen) atoms. The van der Waals surface area contributed by atoms with E-state index in [-0.39, 0.29) is 23.7 Å². The molecule has 2 radical (unpaired) electrons. The van der Waals surface area contributed by atoms with Gasteiger partial charge in [-0.2, -0.15) is 0 Å². The molecule has 2 unspecified atom stereocenters. The van der Waals surface area contributed by atoms with Crippen molar-refractivity contribution in [1.29, 1.82) is 0 Å². The minimum absolute atomic E-state index is 0.0173. The fourth-order valence-electron chi connectivity index (χ4n) is 3.61. The number of anilines is 1. The number of hydrogen-bond acceptors (Lipinski definition) is 5. The first-order chi connectivity index (χ1) is 12.0. The van der Waals surface area contributed by atoms with E-state index in [1.54, 1.807) is 17.0 Å². The van der Waals surface area contributed by atoms with Gasteiger partial charge in [-0.15, -0.1) is 0 Å². The molecule has 6 nitrogen and oxygen atoms in total. The van der Waals surface area contributed by atoms with E-state index < -0.39 is 10.8 Å². The molecule has 0 spiro atoms. The van der Waals surface area contributed by atoms with Gasteiger partial charge in [0.15, 0.2) is 0 Å². The van der Waals surface area contributed by atoms with Gasteiger partial charge in [0.25, 0.3) is 0 Å². The summed E-state index contributed by atoms with van der Waals surface area (Å²) in [7, 11) is 4.84. The van der Waals surface area contributed by atoms with Crippen molar-refractivity contribution in [2.45, 2.75) is 24.6 Å². The highest BCUT2D eigenvalue weighted by Gasteiger charge is 2.39. The second kappa shape index (κ2) is 6.40. The summed E-state index contributed by atoms with van der Waals surface area (Å²) in [5.41, 5.74) is 2.41. The van der Waals surface area contributed by atoms with Crippen LogP contribution in [0.25, 0.3) is 0 Å². The zero-order valence-corrected chi connectivity index (χ0v) is 14.9. The van der Waals surface area contributed by atoms with Gasteiger partial charge in [-0.05, 0) is 25.5 Å². The number of guanidine groups is 1. The lowest BCUT2D eigenvalue weighted by Gasteiger charge is -2.36. The summed E-state index contributed by atoms with van der Waals surface area (Å²) in [5.74, 6) is 1.31. The van der Waals surface area contributed by atoms with E-state index in [4.69, 9.17) is 7.85 Å². The molecular formula is C17H19BN4O2S. The van der Waals surface area contributed by atoms with Gasteiger partial charge in [0.2, 0.25) is 11.9 Å². The number of nitrogens with zero attached hydrogens (tertiary/aromatic N) is 4. The first kappa shape index (κ1) is 16.5.